The molecule has 0 radical (unpaired) electrons. The average molecular weight is 189 g/mol. The second kappa shape index (κ2) is 9.85. The van der Waals surface area contributed by atoms with E-state index in [1.54, 1.807) is 6.92 Å². The van der Waals surface area contributed by atoms with Gasteiger partial charge in [0.25, 0.3) is 0 Å². The van der Waals surface area contributed by atoms with Gasteiger partial charge in [-0.1, -0.05) is 15.9 Å². The zero-order valence-electron chi connectivity index (χ0n) is 4.20. The van der Waals surface area contributed by atoms with Crippen molar-refractivity contribution in [3.8, 4) is 0 Å². The van der Waals surface area contributed by atoms with Gasteiger partial charge in [-0.25, -0.2) is 0 Å². The molecule has 0 aliphatic carbocycles. The molecule has 0 saturated carbocycles. The molecule has 0 saturated heterocycles. The summed E-state index contributed by atoms with van der Waals surface area (Å²) in [6, 6.07) is 0. The van der Waals surface area contributed by atoms with E-state index in [4.69, 9.17) is 23.1 Å². The molecule has 1 unspecified atom stereocenters. The molecule has 0 bridgehead atoms. The highest BCUT2D eigenvalue weighted by Gasteiger charge is 1.70. The van der Waals surface area contributed by atoms with E-state index in [0.29, 0.717) is 5.45 Å². The molecule has 0 aromatic heterocycles. The molecule has 0 amide bonds. The lowest BCUT2D eigenvalue weighted by atomic mass is 10.8. The van der Waals surface area contributed by atoms with Crippen LogP contribution >= 0.6 is 27.5 Å². The number of hydrogen-bond acceptors (Lipinski definition) is 2. The van der Waals surface area contributed by atoms with Crippen LogP contribution in [0.25, 0.3) is 0 Å². The lowest BCUT2D eigenvalue weighted by Crippen LogP contribution is -2.03. The van der Waals surface area contributed by atoms with Crippen molar-refractivity contribution in [2.45, 2.75) is 12.4 Å². The second-order valence-electron chi connectivity index (χ2n) is 0.832. The van der Waals surface area contributed by atoms with Gasteiger partial charge in [-0.2, -0.15) is 0 Å². The summed E-state index contributed by atoms with van der Waals surface area (Å²) < 4.78 is 0. The van der Waals surface area contributed by atoms with E-state index in [1.165, 1.54) is 0 Å². The zero-order chi connectivity index (χ0) is 6.28. The third kappa shape index (κ3) is 309. The number of hydrogen-bond donors (Lipinski definition) is 2. The highest BCUT2D eigenvalue weighted by molar-refractivity contribution is 9.09. The normalized spacial score (nSPS) is 11.6. The molecule has 0 aromatic carbocycles. The Labute approximate surface area is 57.3 Å². The standard InChI is InChI=1S/C2H6ClN.CH4BrN/c1-2(3)4;2-1-3/h2H,4H2,1H3;1,3H2. The van der Waals surface area contributed by atoms with Gasteiger partial charge >= 0.3 is 0 Å². The molecule has 0 fully saturated rings. The summed E-state index contributed by atoms with van der Waals surface area (Å²) in [6.07, 6.45) is 0. The first kappa shape index (κ1) is 10.6. The zero-order valence-corrected chi connectivity index (χ0v) is 6.54. The van der Waals surface area contributed by atoms with Crippen LogP contribution in [0.4, 0.5) is 0 Å². The van der Waals surface area contributed by atoms with Crippen molar-refractivity contribution in [1.29, 1.82) is 0 Å². The van der Waals surface area contributed by atoms with E-state index < -0.39 is 0 Å². The van der Waals surface area contributed by atoms with Crippen molar-refractivity contribution in [3.05, 3.63) is 0 Å². The minimum Gasteiger partial charge on any atom is -0.321 e. The van der Waals surface area contributed by atoms with E-state index in [1.807, 2.05) is 0 Å². The summed E-state index contributed by atoms with van der Waals surface area (Å²) in [5.41, 5.74) is 10.0. The van der Waals surface area contributed by atoms with Crippen molar-refractivity contribution >= 4 is 27.5 Å². The molecule has 0 rings (SSSR count). The van der Waals surface area contributed by atoms with Crippen LogP contribution in [0, 0.1) is 0 Å². The Hall–Kier alpha value is 0.690. The monoisotopic (exact) mass is 188 g/mol. The molecule has 7 heavy (non-hydrogen) atoms. The van der Waals surface area contributed by atoms with E-state index >= 15 is 0 Å². The van der Waals surface area contributed by atoms with Gasteiger partial charge < -0.3 is 11.5 Å². The summed E-state index contributed by atoms with van der Waals surface area (Å²) in [4.78, 5) is 0. The van der Waals surface area contributed by atoms with E-state index in [0.717, 1.165) is 0 Å². The Balaban J connectivity index is 0. The third-order valence-electron chi connectivity index (χ3n) is 0. The molecule has 1 atom stereocenters. The van der Waals surface area contributed by atoms with Crippen LogP contribution in [0.1, 0.15) is 6.92 Å². The minimum absolute atomic E-state index is 0.194. The van der Waals surface area contributed by atoms with Crippen LogP contribution in [0.5, 0.6) is 0 Å². The van der Waals surface area contributed by atoms with Crippen LogP contribution in [-0.2, 0) is 0 Å². The van der Waals surface area contributed by atoms with Gasteiger partial charge in [-0.15, -0.1) is 11.6 Å². The van der Waals surface area contributed by atoms with E-state index in [-0.39, 0.29) is 5.50 Å². The fraction of sp³-hybridized carbons (Fsp3) is 1.00. The molecular weight excluding hydrogens is 179 g/mol. The number of nitrogens with two attached hydrogens (primary N) is 2. The predicted molar refractivity (Wildman–Crippen MR) is 37.5 cm³/mol. The Morgan fingerprint density at radius 2 is 1.86 bits per heavy atom. The quantitative estimate of drug-likeness (QED) is 0.438. The summed E-state index contributed by atoms with van der Waals surface area (Å²) in [7, 11) is 0. The Morgan fingerprint density at radius 3 is 1.86 bits per heavy atom. The fourth-order valence-electron chi connectivity index (χ4n) is 0. The first-order valence-corrected chi connectivity index (χ1v) is 3.36. The minimum atomic E-state index is -0.194. The van der Waals surface area contributed by atoms with Gasteiger partial charge in [-0.3, -0.25) is 0 Å². The summed E-state index contributed by atoms with van der Waals surface area (Å²) >= 11 is 7.98. The first-order valence-electron chi connectivity index (χ1n) is 1.80. The van der Waals surface area contributed by atoms with Crippen LogP contribution in [-0.4, -0.2) is 11.0 Å². The molecular formula is C3H10BrClN2. The highest BCUT2D eigenvalue weighted by Crippen LogP contribution is 1.74. The molecule has 46 valence electrons. The molecule has 0 aromatic rings. The number of alkyl halides is 2. The first-order chi connectivity index (χ1) is 3.15. The Morgan fingerprint density at radius 1 is 1.86 bits per heavy atom. The van der Waals surface area contributed by atoms with Gasteiger partial charge in [0.05, 0.1) is 5.50 Å². The van der Waals surface area contributed by atoms with Crippen LogP contribution in [0.3, 0.4) is 0 Å². The van der Waals surface area contributed by atoms with Crippen molar-refractivity contribution in [2.75, 3.05) is 5.45 Å². The lowest BCUT2D eigenvalue weighted by molar-refractivity contribution is 1.03. The molecule has 2 nitrogen and oxygen atoms in total. The third-order valence-corrected chi connectivity index (χ3v) is 0. The fourth-order valence-corrected chi connectivity index (χ4v) is 0. The van der Waals surface area contributed by atoms with E-state index in [2.05, 4.69) is 15.9 Å². The maximum atomic E-state index is 5.05. The SMILES string of the molecule is CC(N)Cl.NCBr. The highest BCUT2D eigenvalue weighted by atomic mass is 79.9. The van der Waals surface area contributed by atoms with Gasteiger partial charge in [0.15, 0.2) is 0 Å². The molecule has 0 spiro atoms. The van der Waals surface area contributed by atoms with Crippen LogP contribution < -0.4 is 11.5 Å². The molecule has 4 N–H and O–H groups in total. The number of rotatable bonds is 0. The number of halogens is 2. The van der Waals surface area contributed by atoms with Gasteiger partial charge in [0.1, 0.15) is 0 Å². The largest absolute Gasteiger partial charge is 0.321 e. The lowest BCUT2D eigenvalue weighted by Gasteiger charge is -1.78. The molecule has 0 heterocycles. The van der Waals surface area contributed by atoms with Crippen molar-refractivity contribution in [1.82, 2.24) is 0 Å². The maximum Gasteiger partial charge on any atom is 0.0771 e. The van der Waals surface area contributed by atoms with Crippen LogP contribution in [0.15, 0.2) is 0 Å². The maximum absolute atomic E-state index is 5.05. The van der Waals surface area contributed by atoms with Gasteiger partial charge in [-0.05, 0) is 6.92 Å². The van der Waals surface area contributed by atoms with Crippen LogP contribution in [0.2, 0.25) is 0 Å². The van der Waals surface area contributed by atoms with Gasteiger partial charge in [0, 0.05) is 5.45 Å². The smallest absolute Gasteiger partial charge is 0.0771 e. The average Bonchev–Trinajstić information content (AvgIpc) is 1.33. The Kier molecular flexibility index (Phi) is 15.0. The van der Waals surface area contributed by atoms with E-state index in [9.17, 15) is 0 Å². The summed E-state index contributed by atoms with van der Waals surface area (Å²) in [5.74, 6) is 0. The summed E-state index contributed by atoms with van der Waals surface area (Å²) in [6.45, 7) is 1.71. The second-order valence-corrected chi connectivity index (χ2v) is 2.17. The molecule has 0 aliphatic rings. The topological polar surface area (TPSA) is 52.0 Å². The Bertz CT molecular complexity index is 24.1. The molecule has 4 heteroatoms. The summed E-state index contributed by atoms with van der Waals surface area (Å²) in [5, 5.41) is 0. The van der Waals surface area contributed by atoms with Gasteiger partial charge in [0.2, 0.25) is 0 Å². The van der Waals surface area contributed by atoms with Crippen molar-refractivity contribution in [3.63, 3.8) is 0 Å². The van der Waals surface area contributed by atoms with Crippen molar-refractivity contribution in [2.24, 2.45) is 11.5 Å². The van der Waals surface area contributed by atoms with Crippen molar-refractivity contribution < 1.29 is 0 Å². The predicted octanol–water partition coefficient (Wildman–Crippen LogP) is 0.827. The molecule has 0 aliphatic heterocycles.